The Bertz CT molecular complexity index is 202. The highest BCUT2D eigenvalue weighted by molar-refractivity contribution is 5.83. The standard InChI is InChI=1S/C9H14O3/c1-2-11-8(10)9-6-4-3-5-7(9)12-9/h7H,2-6H2,1H3/t7-,9+/m0/s1. The summed E-state index contributed by atoms with van der Waals surface area (Å²) in [5.74, 6) is -0.144. The van der Waals surface area contributed by atoms with Crippen LogP contribution in [0.25, 0.3) is 0 Å². The number of hydrogen-bond acceptors (Lipinski definition) is 3. The molecule has 0 amide bonds. The number of fused-ring (bicyclic) bond motifs is 1. The monoisotopic (exact) mass is 170 g/mol. The Balaban J connectivity index is 1.98. The lowest BCUT2D eigenvalue weighted by Crippen LogP contribution is -2.31. The Labute approximate surface area is 72.0 Å². The number of esters is 1. The number of ether oxygens (including phenoxy) is 2. The van der Waals surface area contributed by atoms with Crippen LogP contribution in [0.2, 0.25) is 0 Å². The van der Waals surface area contributed by atoms with E-state index in [0.717, 1.165) is 19.3 Å². The molecule has 2 rings (SSSR count). The van der Waals surface area contributed by atoms with Gasteiger partial charge >= 0.3 is 5.97 Å². The Morgan fingerprint density at radius 3 is 3.17 bits per heavy atom. The van der Waals surface area contributed by atoms with Gasteiger partial charge in [-0.2, -0.15) is 0 Å². The van der Waals surface area contributed by atoms with E-state index in [1.165, 1.54) is 6.42 Å². The van der Waals surface area contributed by atoms with Crippen molar-refractivity contribution in [3.05, 3.63) is 0 Å². The minimum absolute atomic E-state index is 0.144. The Morgan fingerprint density at radius 1 is 1.67 bits per heavy atom. The number of rotatable bonds is 2. The summed E-state index contributed by atoms with van der Waals surface area (Å²) in [6.07, 6.45) is 4.33. The van der Waals surface area contributed by atoms with Gasteiger partial charge in [0.05, 0.1) is 12.7 Å². The number of hydrogen-bond donors (Lipinski definition) is 0. The van der Waals surface area contributed by atoms with E-state index in [9.17, 15) is 4.79 Å². The van der Waals surface area contributed by atoms with E-state index < -0.39 is 5.60 Å². The first kappa shape index (κ1) is 8.05. The predicted molar refractivity (Wildman–Crippen MR) is 42.7 cm³/mol. The van der Waals surface area contributed by atoms with Gasteiger partial charge in [0.1, 0.15) is 0 Å². The van der Waals surface area contributed by atoms with Crippen LogP contribution in [0.15, 0.2) is 0 Å². The van der Waals surface area contributed by atoms with Crippen molar-refractivity contribution in [3.8, 4) is 0 Å². The molecule has 0 aromatic heterocycles. The topological polar surface area (TPSA) is 38.8 Å². The summed E-state index contributed by atoms with van der Waals surface area (Å²) in [5, 5.41) is 0. The zero-order valence-corrected chi connectivity index (χ0v) is 7.34. The van der Waals surface area contributed by atoms with Crippen molar-refractivity contribution in [3.63, 3.8) is 0 Å². The van der Waals surface area contributed by atoms with Gasteiger partial charge in [-0.1, -0.05) is 6.42 Å². The summed E-state index contributed by atoms with van der Waals surface area (Å²) in [6, 6.07) is 0. The summed E-state index contributed by atoms with van der Waals surface area (Å²) in [4.78, 5) is 11.4. The van der Waals surface area contributed by atoms with Crippen molar-refractivity contribution in [2.45, 2.75) is 44.3 Å². The van der Waals surface area contributed by atoms with Crippen LogP contribution < -0.4 is 0 Å². The third kappa shape index (κ3) is 1.04. The van der Waals surface area contributed by atoms with E-state index in [-0.39, 0.29) is 12.1 Å². The first-order valence-electron chi connectivity index (χ1n) is 4.64. The van der Waals surface area contributed by atoms with Crippen LogP contribution in [-0.4, -0.2) is 24.3 Å². The molecule has 0 unspecified atom stereocenters. The maximum atomic E-state index is 11.4. The van der Waals surface area contributed by atoms with E-state index in [4.69, 9.17) is 9.47 Å². The molecule has 1 aliphatic carbocycles. The van der Waals surface area contributed by atoms with Crippen LogP contribution in [0.4, 0.5) is 0 Å². The number of epoxide rings is 1. The van der Waals surface area contributed by atoms with Crippen molar-refractivity contribution in [2.24, 2.45) is 0 Å². The third-order valence-corrected chi connectivity index (χ3v) is 2.70. The SMILES string of the molecule is CCOC(=O)[C@@]12CCCC[C@@H]1O2. The molecule has 0 bridgehead atoms. The molecule has 3 heteroatoms. The highest BCUT2D eigenvalue weighted by atomic mass is 16.7. The van der Waals surface area contributed by atoms with E-state index in [2.05, 4.69) is 0 Å². The van der Waals surface area contributed by atoms with Crippen LogP contribution >= 0.6 is 0 Å². The van der Waals surface area contributed by atoms with Crippen molar-refractivity contribution < 1.29 is 14.3 Å². The molecule has 1 heterocycles. The van der Waals surface area contributed by atoms with Crippen LogP contribution in [0.3, 0.4) is 0 Å². The number of carbonyl (C=O) groups excluding carboxylic acids is 1. The minimum Gasteiger partial charge on any atom is -0.464 e. The van der Waals surface area contributed by atoms with Gasteiger partial charge in [0.25, 0.3) is 0 Å². The molecule has 3 nitrogen and oxygen atoms in total. The van der Waals surface area contributed by atoms with E-state index >= 15 is 0 Å². The molecule has 0 spiro atoms. The first-order valence-corrected chi connectivity index (χ1v) is 4.64. The fourth-order valence-corrected chi connectivity index (χ4v) is 1.98. The normalized spacial score (nSPS) is 38.6. The molecule has 1 saturated carbocycles. The molecular formula is C9H14O3. The fraction of sp³-hybridized carbons (Fsp3) is 0.889. The lowest BCUT2D eigenvalue weighted by molar-refractivity contribution is -0.150. The molecule has 68 valence electrons. The van der Waals surface area contributed by atoms with Crippen molar-refractivity contribution in [1.82, 2.24) is 0 Å². The van der Waals surface area contributed by atoms with E-state index in [1.807, 2.05) is 6.92 Å². The first-order chi connectivity index (χ1) is 5.79. The zero-order chi connectivity index (χ0) is 8.60. The Morgan fingerprint density at radius 2 is 2.50 bits per heavy atom. The molecule has 12 heavy (non-hydrogen) atoms. The van der Waals surface area contributed by atoms with E-state index in [1.54, 1.807) is 0 Å². The van der Waals surface area contributed by atoms with Crippen LogP contribution in [0, 0.1) is 0 Å². The maximum Gasteiger partial charge on any atom is 0.341 e. The smallest absolute Gasteiger partial charge is 0.341 e. The second kappa shape index (κ2) is 2.73. The van der Waals surface area contributed by atoms with Gasteiger partial charge in [-0.25, -0.2) is 4.79 Å². The van der Waals surface area contributed by atoms with Gasteiger partial charge in [-0.05, 0) is 26.2 Å². The predicted octanol–water partition coefficient (Wildman–Crippen LogP) is 1.26. The highest BCUT2D eigenvalue weighted by Crippen LogP contribution is 2.48. The Kier molecular flexibility index (Phi) is 1.83. The molecule has 2 atom stereocenters. The lowest BCUT2D eigenvalue weighted by Gasteiger charge is -2.14. The lowest BCUT2D eigenvalue weighted by atomic mass is 9.89. The molecular weight excluding hydrogens is 156 g/mol. The number of carbonyl (C=O) groups is 1. The quantitative estimate of drug-likeness (QED) is 0.462. The maximum absolute atomic E-state index is 11.4. The van der Waals surface area contributed by atoms with Gasteiger partial charge in [-0.3, -0.25) is 0 Å². The molecule has 2 aliphatic rings. The van der Waals surface area contributed by atoms with Gasteiger partial charge in [0, 0.05) is 0 Å². The van der Waals surface area contributed by atoms with Gasteiger partial charge in [-0.15, -0.1) is 0 Å². The summed E-state index contributed by atoms with van der Waals surface area (Å²) < 4.78 is 10.4. The molecule has 0 radical (unpaired) electrons. The highest BCUT2D eigenvalue weighted by Gasteiger charge is 2.64. The van der Waals surface area contributed by atoms with Crippen molar-refractivity contribution in [1.29, 1.82) is 0 Å². The van der Waals surface area contributed by atoms with Crippen LogP contribution in [0.1, 0.15) is 32.6 Å². The van der Waals surface area contributed by atoms with Gasteiger partial charge in [0.2, 0.25) is 0 Å². The summed E-state index contributed by atoms with van der Waals surface area (Å²) in [5.41, 5.74) is -0.506. The van der Waals surface area contributed by atoms with Crippen LogP contribution in [0.5, 0.6) is 0 Å². The molecule has 0 aromatic rings. The van der Waals surface area contributed by atoms with Crippen molar-refractivity contribution >= 4 is 5.97 Å². The molecule has 2 fully saturated rings. The van der Waals surface area contributed by atoms with Crippen LogP contribution in [-0.2, 0) is 14.3 Å². The minimum atomic E-state index is -0.506. The molecule has 1 saturated heterocycles. The van der Waals surface area contributed by atoms with Gasteiger partial charge in [0.15, 0.2) is 5.60 Å². The second-order valence-corrected chi connectivity index (χ2v) is 3.46. The Hall–Kier alpha value is -0.570. The molecule has 1 aliphatic heterocycles. The molecule has 0 N–H and O–H groups in total. The van der Waals surface area contributed by atoms with Crippen molar-refractivity contribution in [2.75, 3.05) is 6.61 Å². The average molecular weight is 170 g/mol. The van der Waals surface area contributed by atoms with E-state index in [0.29, 0.717) is 6.61 Å². The second-order valence-electron chi connectivity index (χ2n) is 3.46. The summed E-state index contributed by atoms with van der Waals surface area (Å²) in [7, 11) is 0. The largest absolute Gasteiger partial charge is 0.464 e. The zero-order valence-electron chi connectivity index (χ0n) is 7.34. The summed E-state index contributed by atoms with van der Waals surface area (Å²) >= 11 is 0. The third-order valence-electron chi connectivity index (χ3n) is 2.70. The average Bonchev–Trinajstić information content (AvgIpc) is 2.79. The fourth-order valence-electron chi connectivity index (χ4n) is 1.98. The van der Waals surface area contributed by atoms with Gasteiger partial charge < -0.3 is 9.47 Å². The summed E-state index contributed by atoms with van der Waals surface area (Å²) in [6.45, 7) is 2.28. The molecule has 0 aromatic carbocycles.